The van der Waals surface area contributed by atoms with E-state index in [4.69, 9.17) is 4.74 Å². The van der Waals surface area contributed by atoms with Gasteiger partial charge in [-0.2, -0.15) is 0 Å². The van der Waals surface area contributed by atoms with Crippen LogP contribution in [0.15, 0.2) is 41.8 Å². The number of hydrogen-bond donors (Lipinski definition) is 2. The quantitative estimate of drug-likeness (QED) is 0.774. The molecule has 23 heavy (non-hydrogen) atoms. The van der Waals surface area contributed by atoms with Crippen molar-refractivity contribution in [2.75, 3.05) is 20.2 Å². The fourth-order valence-corrected chi connectivity index (χ4v) is 2.75. The van der Waals surface area contributed by atoms with Crippen LogP contribution in [0.5, 0.6) is 5.75 Å². The van der Waals surface area contributed by atoms with Gasteiger partial charge in [0.25, 0.3) is 0 Å². The van der Waals surface area contributed by atoms with E-state index in [1.54, 1.807) is 7.11 Å². The number of amides is 2. The molecule has 0 aliphatic heterocycles. The Morgan fingerprint density at radius 1 is 1.13 bits per heavy atom. The summed E-state index contributed by atoms with van der Waals surface area (Å²) in [6, 6.07) is 11.5. The number of hydrogen-bond acceptors (Lipinski definition) is 4. The summed E-state index contributed by atoms with van der Waals surface area (Å²) >= 11 is 1.53. The molecule has 1 aromatic carbocycles. The predicted molar refractivity (Wildman–Crippen MR) is 90.7 cm³/mol. The van der Waals surface area contributed by atoms with Crippen molar-refractivity contribution in [3.63, 3.8) is 0 Å². The van der Waals surface area contributed by atoms with Crippen molar-refractivity contribution in [2.45, 2.75) is 12.8 Å². The summed E-state index contributed by atoms with van der Waals surface area (Å²) in [4.78, 5) is 24.4. The second-order valence-corrected chi connectivity index (χ2v) is 6.02. The first-order valence-corrected chi connectivity index (χ1v) is 8.24. The van der Waals surface area contributed by atoms with Gasteiger partial charge in [-0.3, -0.25) is 9.59 Å². The van der Waals surface area contributed by atoms with Crippen LogP contribution < -0.4 is 15.4 Å². The van der Waals surface area contributed by atoms with Crippen molar-refractivity contribution in [1.82, 2.24) is 10.6 Å². The molecule has 6 heteroatoms. The van der Waals surface area contributed by atoms with Crippen LogP contribution in [0.1, 0.15) is 10.4 Å². The molecule has 0 fully saturated rings. The lowest BCUT2D eigenvalue weighted by Crippen LogP contribution is -2.38. The summed E-state index contributed by atoms with van der Waals surface area (Å²) in [7, 11) is 1.62. The van der Waals surface area contributed by atoms with Gasteiger partial charge in [0.05, 0.1) is 20.1 Å². The van der Waals surface area contributed by atoms with Gasteiger partial charge in [-0.15, -0.1) is 11.3 Å². The molecule has 122 valence electrons. The van der Waals surface area contributed by atoms with Crippen LogP contribution in [0, 0.1) is 0 Å². The number of methoxy groups -OCH3 is 1. The van der Waals surface area contributed by atoms with Crippen LogP contribution >= 0.6 is 11.3 Å². The SMILES string of the molecule is COc1cccc(CCNC(=O)CNC(=O)Cc2cccs2)c1. The van der Waals surface area contributed by atoms with E-state index in [1.165, 1.54) is 11.3 Å². The van der Waals surface area contributed by atoms with Gasteiger partial charge in [-0.05, 0) is 35.6 Å². The standard InChI is InChI=1S/C17H20N2O3S/c1-22-14-5-2-4-13(10-14)7-8-18-17(21)12-19-16(20)11-15-6-3-9-23-15/h2-6,9-10H,7-8,11-12H2,1H3,(H,18,21)(H,19,20). The Kier molecular flexibility index (Phi) is 6.62. The molecule has 1 heterocycles. The van der Waals surface area contributed by atoms with Crippen molar-refractivity contribution in [3.8, 4) is 5.75 Å². The molecule has 2 rings (SSSR count). The van der Waals surface area contributed by atoms with Crippen LogP contribution in [-0.4, -0.2) is 32.0 Å². The first-order valence-electron chi connectivity index (χ1n) is 7.36. The fraction of sp³-hybridized carbons (Fsp3) is 0.294. The van der Waals surface area contributed by atoms with E-state index in [2.05, 4.69) is 10.6 Å². The Labute approximate surface area is 139 Å². The monoisotopic (exact) mass is 332 g/mol. The predicted octanol–water partition coefficient (Wildman–Crippen LogP) is 1.77. The third-order valence-corrected chi connectivity index (χ3v) is 4.11. The third kappa shape index (κ3) is 6.12. The lowest BCUT2D eigenvalue weighted by molar-refractivity contribution is -0.125. The normalized spacial score (nSPS) is 10.1. The number of rotatable bonds is 8. The molecule has 0 unspecified atom stereocenters. The van der Waals surface area contributed by atoms with E-state index in [0.717, 1.165) is 16.2 Å². The highest BCUT2D eigenvalue weighted by Crippen LogP contribution is 2.12. The summed E-state index contributed by atoms with van der Waals surface area (Å²) < 4.78 is 5.16. The minimum Gasteiger partial charge on any atom is -0.497 e. The van der Waals surface area contributed by atoms with E-state index in [0.29, 0.717) is 19.4 Å². The van der Waals surface area contributed by atoms with Crippen LogP contribution in [0.4, 0.5) is 0 Å². The molecule has 0 radical (unpaired) electrons. The molecule has 2 aromatic rings. The zero-order valence-electron chi connectivity index (χ0n) is 13.0. The van der Waals surface area contributed by atoms with Crippen LogP contribution in [0.2, 0.25) is 0 Å². The van der Waals surface area contributed by atoms with E-state index in [9.17, 15) is 9.59 Å². The topological polar surface area (TPSA) is 67.4 Å². The zero-order valence-corrected chi connectivity index (χ0v) is 13.8. The Balaban J connectivity index is 1.64. The lowest BCUT2D eigenvalue weighted by Gasteiger charge is -2.07. The molecule has 0 aliphatic rings. The smallest absolute Gasteiger partial charge is 0.239 e. The van der Waals surface area contributed by atoms with E-state index in [1.807, 2.05) is 41.8 Å². The number of benzene rings is 1. The Morgan fingerprint density at radius 3 is 2.74 bits per heavy atom. The van der Waals surface area contributed by atoms with Gasteiger partial charge in [0.15, 0.2) is 0 Å². The lowest BCUT2D eigenvalue weighted by atomic mass is 10.1. The van der Waals surface area contributed by atoms with E-state index in [-0.39, 0.29) is 18.4 Å². The van der Waals surface area contributed by atoms with Gasteiger partial charge in [-0.25, -0.2) is 0 Å². The molecule has 0 atom stereocenters. The van der Waals surface area contributed by atoms with Crippen molar-refractivity contribution < 1.29 is 14.3 Å². The maximum Gasteiger partial charge on any atom is 0.239 e. The Hall–Kier alpha value is -2.34. The van der Waals surface area contributed by atoms with Gasteiger partial charge in [0.1, 0.15) is 5.75 Å². The summed E-state index contributed by atoms with van der Waals surface area (Å²) in [6.45, 7) is 0.523. The van der Waals surface area contributed by atoms with Crippen LogP contribution in [0.3, 0.4) is 0 Å². The summed E-state index contributed by atoms with van der Waals surface area (Å²) in [6.07, 6.45) is 1.03. The first kappa shape index (κ1) is 17.0. The molecule has 0 bridgehead atoms. The second-order valence-electron chi connectivity index (χ2n) is 4.98. The highest BCUT2D eigenvalue weighted by Gasteiger charge is 2.07. The van der Waals surface area contributed by atoms with Gasteiger partial charge < -0.3 is 15.4 Å². The molecule has 2 amide bonds. The fourth-order valence-electron chi connectivity index (χ4n) is 2.05. The van der Waals surface area contributed by atoms with Gasteiger partial charge >= 0.3 is 0 Å². The van der Waals surface area contributed by atoms with Crippen LogP contribution in [-0.2, 0) is 22.4 Å². The third-order valence-electron chi connectivity index (χ3n) is 3.23. The van der Waals surface area contributed by atoms with Crippen molar-refractivity contribution in [3.05, 3.63) is 52.2 Å². The summed E-state index contributed by atoms with van der Waals surface area (Å²) in [5.41, 5.74) is 1.09. The van der Waals surface area contributed by atoms with E-state index < -0.39 is 0 Å². The van der Waals surface area contributed by atoms with E-state index >= 15 is 0 Å². The van der Waals surface area contributed by atoms with Gasteiger partial charge in [0, 0.05) is 11.4 Å². The summed E-state index contributed by atoms with van der Waals surface area (Å²) in [5, 5.41) is 7.34. The van der Waals surface area contributed by atoms with Crippen molar-refractivity contribution >= 4 is 23.2 Å². The molecule has 2 N–H and O–H groups in total. The minimum atomic E-state index is -0.188. The molecule has 5 nitrogen and oxygen atoms in total. The van der Waals surface area contributed by atoms with Gasteiger partial charge in [-0.1, -0.05) is 18.2 Å². The molecular formula is C17H20N2O3S. The van der Waals surface area contributed by atoms with Crippen molar-refractivity contribution in [2.24, 2.45) is 0 Å². The average molecular weight is 332 g/mol. The molecule has 0 spiro atoms. The Morgan fingerprint density at radius 2 is 2.00 bits per heavy atom. The molecular weight excluding hydrogens is 312 g/mol. The van der Waals surface area contributed by atoms with Crippen molar-refractivity contribution in [1.29, 1.82) is 0 Å². The number of ether oxygens (including phenoxy) is 1. The average Bonchev–Trinajstić information content (AvgIpc) is 3.06. The highest BCUT2D eigenvalue weighted by atomic mass is 32.1. The molecule has 1 aromatic heterocycles. The number of carbonyl (C=O) groups excluding carboxylic acids is 2. The number of thiophene rings is 1. The molecule has 0 aliphatic carbocycles. The second kappa shape index (κ2) is 8.95. The maximum absolute atomic E-state index is 11.7. The number of carbonyl (C=O) groups is 2. The maximum atomic E-state index is 11.7. The summed E-state index contributed by atoms with van der Waals surface area (Å²) in [5.74, 6) is 0.470. The largest absolute Gasteiger partial charge is 0.497 e. The highest BCUT2D eigenvalue weighted by molar-refractivity contribution is 7.10. The Bertz CT molecular complexity index is 641. The van der Waals surface area contributed by atoms with Gasteiger partial charge in [0.2, 0.25) is 11.8 Å². The molecule has 0 saturated carbocycles. The first-order chi connectivity index (χ1) is 11.2. The molecule has 0 saturated heterocycles. The number of nitrogens with one attached hydrogen (secondary N) is 2. The zero-order chi connectivity index (χ0) is 16.5. The van der Waals surface area contributed by atoms with Crippen LogP contribution in [0.25, 0.3) is 0 Å². The minimum absolute atomic E-state index is 0.00230.